The molecule has 0 heterocycles. The van der Waals surface area contributed by atoms with Crippen LogP contribution >= 0.6 is 8.38 Å². The van der Waals surface area contributed by atoms with Crippen LogP contribution in [0, 0.1) is 0 Å². The van der Waals surface area contributed by atoms with Gasteiger partial charge in [0, 0.05) is 5.66 Å². The summed E-state index contributed by atoms with van der Waals surface area (Å²) >= 11 is 0. The zero-order valence-corrected chi connectivity index (χ0v) is 6.93. The molecule has 9 heavy (non-hydrogen) atoms. The van der Waals surface area contributed by atoms with Crippen molar-refractivity contribution in [3.8, 4) is 0 Å². The van der Waals surface area contributed by atoms with Crippen LogP contribution in [0.2, 0.25) is 0 Å². The molecule has 2 nitrogen and oxygen atoms in total. The van der Waals surface area contributed by atoms with E-state index in [1.165, 1.54) is 0 Å². The van der Waals surface area contributed by atoms with E-state index < -0.39 is 8.38 Å². The van der Waals surface area contributed by atoms with Crippen LogP contribution in [0.1, 0.15) is 33.1 Å². The van der Waals surface area contributed by atoms with E-state index in [-0.39, 0.29) is 5.66 Å². The molecule has 1 unspecified atom stereocenters. The van der Waals surface area contributed by atoms with Gasteiger partial charge in [0.1, 0.15) is 0 Å². The molecule has 0 aliphatic heterocycles. The van der Waals surface area contributed by atoms with Gasteiger partial charge in [0.15, 0.2) is 8.38 Å². The van der Waals surface area contributed by atoms with E-state index in [9.17, 15) is 0 Å². The second kappa shape index (κ2) is 5.16. The van der Waals surface area contributed by atoms with Crippen molar-refractivity contribution in [2.24, 2.45) is 0 Å². The highest BCUT2D eigenvalue weighted by Gasteiger charge is 2.09. The number of unbranched alkanes of at least 4 members (excludes halogenated alkanes) is 1. The lowest BCUT2D eigenvalue weighted by atomic mass is 10.2. The lowest BCUT2D eigenvalue weighted by molar-refractivity contribution is 0.461. The largest absolute Gasteiger partial charge is 0.350 e. The molecule has 0 aromatic rings. The Balaban J connectivity index is 3.16. The summed E-state index contributed by atoms with van der Waals surface area (Å²) in [5.74, 6) is 0. The van der Waals surface area contributed by atoms with E-state index in [1.807, 2.05) is 6.92 Å². The van der Waals surface area contributed by atoms with Crippen molar-refractivity contribution in [3.05, 3.63) is 0 Å². The third kappa shape index (κ3) is 4.83. The van der Waals surface area contributed by atoms with E-state index in [0.29, 0.717) is 0 Å². The van der Waals surface area contributed by atoms with Gasteiger partial charge in [-0.05, 0) is 6.42 Å². The Bertz CT molecular complexity index is 66.1. The zero-order valence-electron chi connectivity index (χ0n) is 6.04. The second-order valence-electron chi connectivity index (χ2n) is 2.31. The molecule has 0 saturated carbocycles. The van der Waals surface area contributed by atoms with Crippen LogP contribution < -0.4 is 0 Å². The Kier molecular flexibility index (Phi) is 5.36. The summed E-state index contributed by atoms with van der Waals surface area (Å²) in [4.78, 5) is 17.3. The summed E-state index contributed by atoms with van der Waals surface area (Å²) in [6.45, 7) is 3.98. The molecule has 0 aliphatic carbocycles. The lowest BCUT2D eigenvalue weighted by Gasteiger charge is -2.10. The van der Waals surface area contributed by atoms with E-state index in [0.717, 1.165) is 19.3 Å². The molecule has 2 N–H and O–H groups in total. The number of hydrogen-bond donors (Lipinski definition) is 2. The van der Waals surface area contributed by atoms with Gasteiger partial charge < -0.3 is 9.79 Å². The minimum atomic E-state index is -1.67. The normalized spacial score (nSPS) is 14.3. The fourth-order valence-electron chi connectivity index (χ4n) is 0.615. The van der Waals surface area contributed by atoms with Gasteiger partial charge in [-0.15, -0.1) is 0 Å². The van der Waals surface area contributed by atoms with Gasteiger partial charge in [-0.1, -0.05) is 26.7 Å². The zero-order chi connectivity index (χ0) is 7.28. The van der Waals surface area contributed by atoms with Crippen LogP contribution in [0.15, 0.2) is 0 Å². The molecule has 0 radical (unpaired) electrons. The van der Waals surface area contributed by atoms with E-state index >= 15 is 0 Å². The fraction of sp³-hybridized carbons (Fsp3) is 1.00. The highest BCUT2D eigenvalue weighted by atomic mass is 31.2. The molecule has 0 spiro atoms. The van der Waals surface area contributed by atoms with Gasteiger partial charge >= 0.3 is 0 Å². The van der Waals surface area contributed by atoms with Crippen molar-refractivity contribution >= 4 is 8.38 Å². The summed E-state index contributed by atoms with van der Waals surface area (Å²) in [7, 11) is -1.67. The summed E-state index contributed by atoms with van der Waals surface area (Å²) in [5, 5.41) is 0. The molecule has 0 saturated heterocycles. The standard InChI is InChI=1S/C6H15O2P/c1-3-4-5-6(2)9(7)8/h6-8H,3-5H2,1-2H3. The Morgan fingerprint density at radius 1 is 1.44 bits per heavy atom. The second-order valence-corrected chi connectivity index (χ2v) is 3.83. The topological polar surface area (TPSA) is 40.5 Å². The maximum atomic E-state index is 8.67. The molecule has 3 heteroatoms. The van der Waals surface area contributed by atoms with E-state index in [4.69, 9.17) is 9.79 Å². The average Bonchev–Trinajstić information content (AvgIpc) is 1.82. The first-order chi connectivity index (χ1) is 4.18. The molecule has 0 aliphatic rings. The fourth-order valence-corrected chi connectivity index (χ4v) is 1.03. The van der Waals surface area contributed by atoms with Crippen molar-refractivity contribution in [1.82, 2.24) is 0 Å². The Hall–Kier alpha value is 0.350. The van der Waals surface area contributed by atoms with Gasteiger partial charge in [0.2, 0.25) is 0 Å². The predicted molar refractivity (Wildman–Crippen MR) is 40.3 cm³/mol. The monoisotopic (exact) mass is 150 g/mol. The van der Waals surface area contributed by atoms with Gasteiger partial charge in [-0.2, -0.15) is 0 Å². The smallest absolute Gasteiger partial charge is 0.167 e. The first-order valence-electron chi connectivity index (χ1n) is 3.35. The van der Waals surface area contributed by atoms with Gasteiger partial charge in [0.25, 0.3) is 0 Å². The quantitative estimate of drug-likeness (QED) is 0.600. The van der Waals surface area contributed by atoms with E-state index in [1.54, 1.807) is 0 Å². The highest BCUT2D eigenvalue weighted by Crippen LogP contribution is 2.33. The van der Waals surface area contributed by atoms with Crippen molar-refractivity contribution < 1.29 is 9.79 Å². The lowest BCUT2D eigenvalue weighted by Crippen LogP contribution is -1.97. The maximum Gasteiger partial charge on any atom is 0.167 e. The summed E-state index contributed by atoms with van der Waals surface area (Å²) in [6.07, 6.45) is 3.17. The molecule has 56 valence electrons. The molecular weight excluding hydrogens is 135 g/mol. The van der Waals surface area contributed by atoms with Crippen LogP contribution in [0.4, 0.5) is 0 Å². The van der Waals surface area contributed by atoms with E-state index in [2.05, 4.69) is 6.92 Å². The molecular formula is C6H15O2P. The van der Waals surface area contributed by atoms with Crippen molar-refractivity contribution in [2.45, 2.75) is 38.8 Å². The van der Waals surface area contributed by atoms with Gasteiger partial charge in [-0.25, -0.2) is 0 Å². The minimum absolute atomic E-state index is 0.0972. The third-order valence-corrected chi connectivity index (χ3v) is 2.42. The SMILES string of the molecule is CCCCC(C)P(O)O. The van der Waals surface area contributed by atoms with Crippen LogP contribution in [-0.2, 0) is 0 Å². The Morgan fingerprint density at radius 2 is 2.00 bits per heavy atom. The van der Waals surface area contributed by atoms with Crippen molar-refractivity contribution in [3.63, 3.8) is 0 Å². The number of rotatable bonds is 4. The minimum Gasteiger partial charge on any atom is -0.350 e. The van der Waals surface area contributed by atoms with Crippen molar-refractivity contribution in [1.29, 1.82) is 0 Å². The average molecular weight is 150 g/mol. The molecule has 1 atom stereocenters. The first-order valence-corrected chi connectivity index (χ1v) is 4.67. The Morgan fingerprint density at radius 3 is 2.33 bits per heavy atom. The molecule has 0 bridgehead atoms. The predicted octanol–water partition coefficient (Wildman–Crippen LogP) is 1.86. The summed E-state index contributed by atoms with van der Waals surface area (Å²) in [5.41, 5.74) is 0.0972. The van der Waals surface area contributed by atoms with Crippen LogP contribution in [0.5, 0.6) is 0 Å². The summed E-state index contributed by atoms with van der Waals surface area (Å²) in [6, 6.07) is 0. The summed E-state index contributed by atoms with van der Waals surface area (Å²) < 4.78 is 0. The van der Waals surface area contributed by atoms with Crippen molar-refractivity contribution in [2.75, 3.05) is 0 Å². The molecule has 0 rings (SSSR count). The molecule has 0 aromatic carbocycles. The molecule has 0 fully saturated rings. The Labute approximate surface area is 57.8 Å². The third-order valence-electron chi connectivity index (χ3n) is 1.37. The molecule has 0 aromatic heterocycles. The highest BCUT2D eigenvalue weighted by molar-refractivity contribution is 7.45. The van der Waals surface area contributed by atoms with Crippen LogP contribution in [0.25, 0.3) is 0 Å². The molecule has 0 amide bonds. The van der Waals surface area contributed by atoms with Gasteiger partial charge in [0.05, 0.1) is 0 Å². The first kappa shape index (κ1) is 9.35. The van der Waals surface area contributed by atoms with Crippen LogP contribution in [-0.4, -0.2) is 15.4 Å². The van der Waals surface area contributed by atoms with Crippen LogP contribution in [0.3, 0.4) is 0 Å². The number of hydrogen-bond acceptors (Lipinski definition) is 2. The van der Waals surface area contributed by atoms with Gasteiger partial charge in [-0.3, -0.25) is 0 Å². The maximum absolute atomic E-state index is 8.67.